The molecule has 2 aliphatic rings. The molecule has 4 heterocycles. The van der Waals surface area contributed by atoms with Crippen molar-refractivity contribution in [2.45, 2.75) is 45.6 Å². The van der Waals surface area contributed by atoms with Gasteiger partial charge >= 0.3 is 0 Å². The van der Waals surface area contributed by atoms with E-state index in [-0.39, 0.29) is 12.5 Å². The van der Waals surface area contributed by atoms with Gasteiger partial charge in [0.2, 0.25) is 0 Å². The smallest absolute Gasteiger partial charge is 0.258 e. The van der Waals surface area contributed by atoms with Gasteiger partial charge in [-0.2, -0.15) is 5.10 Å². The average molecular weight is 443 g/mol. The van der Waals surface area contributed by atoms with Crippen LogP contribution in [-0.2, 0) is 24.2 Å². The van der Waals surface area contributed by atoms with E-state index < -0.39 is 12.2 Å². The average Bonchev–Trinajstić information content (AvgIpc) is 3.46. The molecule has 162 valence electrons. The molecule has 1 N–H and O–H groups in total. The van der Waals surface area contributed by atoms with Crippen molar-refractivity contribution in [2.24, 2.45) is 0 Å². The Bertz CT molecular complexity index is 1180. The molecule has 5 rings (SSSR count). The molecule has 0 saturated carbocycles. The maximum absolute atomic E-state index is 13.3. The zero-order valence-electron chi connectivity index (χ0n) is 17.3. The second kappa shape index (κ2) is 7.78. The summed E-state index contributed by atoms with van der Waals surface area (Å²) < 4.78 is 12.9. The van der Waals surface area contributed by atoms with E-state index in [1.165, 1.54) is 0 Å². The number of aliphatic hydroxyl groups is 1. The van der Waals surface area contributed by atoms with Crippen LogP contribution >= 0.6 is 11.6 Å². The molecule has 1 amide bonds. The first-order valence-electron chi connectivity index (χ1n) is 10.3. The number of para-hydroxylation sites is 1. The first-order valence-corrected chi connectivity index (χ1v) is 10.7. The molecule has 1 saturated heterocycles. The number of nitrogens with zero attached hydrogens (tertiary/aromatic N) is 4. The van der Waals surface area contributed by atoms with Gasteiger partial charge in [0.15, 0.2) is 5.65 Å². The molecule has 2 atom stereocenters. The minimum absolute atomic E-state index is 0.151. The summed E-state index contributed by atoms with van der Waals surface area (Å²) in [6.07, 6.45) is -0.472. The van der Waals surface area contributed by atoms with Crippen molar-refractivity contribution in [1.29, 1.82) is 0 Å². The summed E-state index contributed by atoms with van der Waals surface area (Å²) in [6.45, 7) is 5.27. The molecule has 1 fully saturated rings. The van der Waals surface area contributed by atoms with Gasteiger partial charge < -0.3 is 19.5 Å². The van der Waals surface area contributed by atoms with E-state index in [0.29, 0.717) is 36.0 Å². The number of fused-ring (bicyclic) bond motifs is 3. The number of hydrogen-bond donors (Lipinski definition) is 1. The third-order valence-electron chi connectivity index (χ3n) is 5.88. The second-order valence-corrected chi connectivity index (χ2v) is 8.27. The van der Waals surface area contributed by atoms with Crippen molar-refractivity contribution >= 4 is 23.2 Å². The number of aliphatic hydroxyl groups excluding tert-OH is 1. The lowest BCUT2D eigenvalue weighted by atomic mass is 10.1. The van der Waals surface area contributed by atoms with Gasteiger partial charge in [0.1, 0.15) is 18.0 Å². The van der Waals surface area contributed by atoms with E-state index in [1.54, 1.807) is 33.7 Å². The fraction of sp³-hybridized carbons (Fsp3) is 0.409. The molecule has 0 spiro atoms. The standard InChI is InChI=1S/C22H23ClN4O4/c1-3-15-20(23)12(2)27-21(24-15)14-8-26(9-16(14)25-27)22(29)13-6-4-5-7-18(13)31-19-11-30-10-17(19)28/h4-7,17,19,28H,3,8-11H2,1-2H3. The normalized spacial score (nSPS) is 20.5. The molecule has 9 heteroatoms. The number of ether oxygens (including phenoxy) is 2. The molecule has 0 radical (unpaired) electrons. The molecule has 0 bridgehead atoms. The van der Waals surface area contributed by atoms with Gasteiger partial charge in [0.25, 0.3) is 5.91 Å². The highest BCUT2D eigenvalue weighted by atomic mass is 35.5. The summed E-state index contributed by atoms with van der Waals surface area (Å²) in [6, 6.07) is 7.09. The zero-order chi connectivity index (χ0) is 21.7. The van der Waals surface area contributed by atoms with Crippen LogP contribution in [0.25, 0.3) is 5.65 Å². The van der Waals surface area contributed by atoms with E-state index in [1.807, 2.05) is 13.8 Å². The summed E-state index contributed by atoms with van der Waals surface area (Å²) in [5.41, 5.74) is 4.65. The van der Waals surface area contributed by atoms with Crippen LogP contribution in [0.3, 0.4) is 0 Å². The van der Waals surface area contributed by atoms with Crippen LogP contribution in [0.15, 0.2) is 24.3 Å². The third-order valence-corrected chi connectivity index (χ3v) is 6.37. The highest BCUT2D eigenvalue weighted by molar-refractivity contribution is 6.31. The Morgan fingerprint density at radius 3 is 2.87 bits per heavy atom. The van der Waals surface area contributed by atoms with Crippen LogP contribution in [0.2, 0.25) is 5.02 Å². The van der Waals surface area contributed by atoms with Crippen molar-refractivity contribution in [3.8, 4) is 5.75 Å². The van der Waals surface area contributed by atoms with Crippen LogP contribution in [0, 0.1) is 6.92 Å². The van der Waals surface area contributed by atoms with Gasteiger partial charge in [-0.3, -0.25) is 4.79 Å². The highest BCUT2D eigenvalue weighted by Gasteiger charge is 2.33. The summed E-state index contributed by atoms with van der Waals surface area (Å²) in [7, 11) is 0. The van der Waals surface area contributed by atoms with Crippen molar-refractivity contribution < 1.29 is 19.4 Å². The number of halogens is 1. The first kappa shape index (κ1) is 20.2. The summed E-state index contributed by atoms with van der Waals surface area (Å²) >= 11 is 6.42. The second-order valence-electron chi connectivity index (χ2n) is 7.89. The number of aromatic nitrogens is 3. The number of aryl methyl sites for hydroxylation is 2. The number of carbonyl (C=O) groups is 1. The van der Waals surface area contributed by atoms with E-state index >= 15 is 0 Å². The Kier molecular flexibility index (Phi) is 5.08. The van der Waals surface area contributed by atoms with Crippen LogP contribution in [0.5, 0.6) is 5.75 Å². The Morgan fingerprint density at radius 2 is 2.13 bits per heavy atom. The largest absolute Gasteiger partial charge is 0.484 e. The molecule has 0 aliphatic carbocycles. The minimum Gasteiger partial charge on any atom is -0.484 e. The van der Waals surface area contributed by atoms with Gasteiger partial charge in [0.05, 0.1) is 54.0 Å². The van der Waals surface area contributed by atoms with Gasteiger partial charge in [-0.15, -0.1) is 0 Å². The lowest BCUT2D eigenvalue weighted by molar-refractivity contribution is 0.0667. The van der Waals surface area contributed by atoms with Gasteiger partial charge in [-0.05, 0) is 25.5 Å². The van der Waals surface area contributed by atoms with Gasteiger partial charge in [0, 0.05) is 5.56 Å². The first-order chi connectivity index (χ1) is 15.0. The van der Waals surface area contributed by atoms with Crippen molar-refractivity contribution in [3.63, 3.8) is 0 Å². The van der Waals surface area contributed by atoms with E-state index in [2.05, 4.69) is 5.10 Å². The topological polar surface area (TPSA) is 89.2 Å². The maximum Gasteiger partial charge on any atom is 0.258 e. The predicted molar refractivity (Wildman–Crippen MR) is 113 cm³/mol. The Labute approximate surface area is 184 Å². The van der Waals surface area contributed by atoms with Crippen molar-refractivity contribution in [2.75, 3.05) is 13.2 Å². The molecule has 2 aromatic heterocycles. The number of benzene rings is 1. The molecule has 8 nitrogen and oxygen atoms in total. The number of hydrogen-bond acceptors (Lipinski definition) is 6. The maximum atomic E-state index is 13.3. The molecular weight excluding hydrogens is 420 g/mol. The van der Waals surface area contributed by atoms with Crippen LogP contribution in [0.1, 0.15) is 39.9 Å². The minimum atomic E-state index is -0.707. The zero-order valence-corrected chi connectivity index (χ0v) is 18.1. The molecule has 2 unspecified atom stereocenters. The number of rotatable bonds is 4. The predicted octanol–water partition coefficient (Wildman–Crippen LogP) is 2.55. The molecule has 2 aliphatic heterocycles. The summed E-state index contributed by atoms with van der Waals surface area (Å²) in [4.78, 5) is 19.8. The van der Waals surface area contributed by atoms with Gasteiger partial charge in [-0.1, -0.05) is 30.7 Å². The van der Waals surface area contributed by atoms with Crippen LogP contribution < -0.4 is 4.74 Å². The molecule has 1 aromatic carbocycles. The van der Waals surface area contributed by atoms with Crippen molar-refractivity contribution in [1.82, 2.24) is 19.5 Å². The molecular formula is C22H23ClN4O4. The monoisotopic (exact) mass is 442 g/mol. The quantitative estimate of drug-likeness (QED) is 0.668. The highest BCUT2D eigenvalue weighted by Crippen LogP contribution is 2.32. The van der Waals surface area contributed by atoms with Crippen molar-refractivity contribution in [3.05, 3.63) is 57.5 Å². The fourth-order valence-electron chi connectivity index (χ4n) is 4.12. The summed E-state index contributed by atoms with van der Waals surface area (Å²) in [5, 5.41) is 15.3. The van der Waals surface area contributed by atoms with Gasteiger partial charge in [-0.25, -0.2) is 9.50 Å². The molecule has 3 aromatic rings. The summed E-state index contributed by atoms with van der Waals surface area (Å²) in [5.74, 6) is 0.288. The fourth-order valence-corrected chi connectivity index (χ4v) is 4.38. The molecule has 31 heavy (non-hydrogen) atoms. The van der Waals surface area contributed by atoms with Crippen LogP contribution in [0.4, 0.5) is 0 Å². The third kappa shape index (κ3) is 3.35. The van der Waals surface area contributed by atoms with E-state index in [4.69, 9.17) is 26.1 Å². The SMILES string of the molecule is CCc1nc2c3c(nn2c(C)c1Cl)CN(C(=O)c1ccccc1OC1COCC1O)C3. The lowest BCUT2D eigenvalue weighted by Crippen LogP contribution is -2.31. The van der Waals surface area contributed by atoms with E-state index in [9.17, 15) is 9.90 Å². The number of amides is 1. The lowest BCUT2D eigenvalue weighted by Gasteiger charge is -2.21. The number of carbonyl (C=O) groups excluding carboxylic acids is 1. The Morgan fingerprint density at radius 1 is 1.32 bits per heavy atom. The Balaban J connectivity index is 1.43. The van der Waals surface area contributed by atoms with E-state index in [0.717, 1.165) is 34.7 Å². The Hall–Kier alpha value is -2.68. The van der Waals surface area contributed by atoms with Crippen LogP contribution in [-0.4, -0.2) is 55.9 Å².